The Morgan fingerprint density at radius 1 is 1.36 bits per heavy atom. The monoisotopic (exact) mass is 192 g/mol. The molecule has 0 aliphatic carbocycles. The molecule has 0 fully saturated rings. The lowest BCUT2D eigenvalue weighted by Crippen LogP contribution is -2.23. The molecule has 2 unspecified atom stereocenters. The van der Waals surface area contributed by atoms with Crippen LogP contribution in [0, 0.1) is 12.8 Å². The fourth-order valence-electron chi connectivity index (χ4n) is 1.35. The van der Waals surface area contributed by atoms with Gasteiger partial charge in [-0.25, -0.2) is 4.98 Å². The minimum absolute atomic E-state index is 0.481. The van der Waals surface area contributed by atoms with Crippen molar-refractivity contribution in [3.63, 3.8) is 0 Å². The van der Waals surface area contributed by atoms with E-state index in [0.717, 1.165) is 11.5 Å². The maximum absolute atomic E-state index is 4.42. The lowest BCUT2D eigenvalue weighted by molar-refractivity contribution is 0.493. The molecule has 0 amide bonds. The van der Waals surface area contributed by atoms with Crippen molar-refractivity contribution in [1.82, 2.24) is 4.98 Å². The van der Waals surface area contributed by atoms with Gasteiger partial charge in [-0.2, -0.15) is 0 Å². The maximum Gasteiger partial charge on any atom is 0.126 e. The molecule has 14 heavy (non-hydrogen) atoms. The van der Waals surface area contributed by atoms with E-state index >= 15 is 0 Å². The van der Waals surface area contributed by atoms with E-state index in [4.69, 9.17) is 0 Å². The van der Waals surface area contributed by atoms with Gasteiger partial charge in [0.25, 0.3) is 0 Å². The topological polar surface area (TPSA) is 24.9 Å². The van der Waals surface area contributed by atoms with Crippen molar-refractivity contribution in [2.24, 2.45) is 5.92 Å². The fourth-order valence-corrected chi connectivity index (χ4v) is 1.35. The number of nitrogens with zero attached hydrogens (tertiary/aromatic N) is 1. The molecule has 78 valence electrons. The highest BCUT2D eigenvalue weighted by Gasteiger charge is 2.09. The summed E-state index contributed by atoms with van der Waals surface area (Å²) in [5.74, 6) is 1.66. The van der Waals surface area contributed by atoms with Gasteiger partial charge < -0.3 is 5.32 Å². The SMILES string of the molecule is CCC(C)C(C)Nc1cccc(C)n1. The van der Waals surface area contributed by atoms with E-state index in [1.54, 1.807) is 0 Å². The molecule has 1 aromatic rings. The summed E-state index contributed by atoms with van der Waals surface area (Å²) in [5, 5.41) is 3.42. The van der Waals surface area contributed by atoms with Crippen LogP contribution in [0.1, 0.15) is 32.9 Å². The average Bonchev–Trinajstić information content (AvgIpc) is 2.16. The first-order chi connectivity index (χ1) is 6.63. The van der Waals surface area contributed by atoms with Gasteiger partial charge in [0.2, 0.25) is 0 Å². The van der Waals surface area contributed by atoms with Crippen molar-refractivity contribution < 1.29 is 0 Å². The zero-order chi connectivity index (χ0) is 10.6. The Bertz CT molecular complexity index is 283. The summed E-state index contributed by atoms with van der Waals surface area (Å²) in [6.45, 7) is 8.69. The molecule has 0 radical (unpaired) electrons. The number of aryl methyl sites for hydroxylation is 1. The predicted molar refractivity (Wildman–Crippen MR) is 61.5 cm³/mol. The summed E-state index contributed by atoms with van der Waals surface area (Å²) in [7, 11) is 0. The molecule has 0 bridgehead atoms. The first-order valence-electron chi connectivity index (χ1n) is 5.33. The van der Waals surface area contributed by atoms with Crippen LogP contribution in [0.4, 0.5) is 5.82 Å². The molecular weight excluding hydrogens is 172 g/mol. The van der Waals surface area contributed by atoms with Gasteiger partial charge in [0, 0.05) is 11.7 Å². The summed E-state index contributed by atoms with van der Waals surface area (Å²) in [6, 6.07) is 6.55. The molecule has 0 saturated heterocycles. The van der Waals surface area contributed by atoms with Crippen LogP contribution in [-0.2, 0) is 0 Å². The zero-order valence-corrected chi connectivity index (χ0v) is 9.54. The second-order valence-corrected chi connectivity index (χ2v) is 3.98. The summed E-state index contributed by atoms with van der Waals surface area (Å²) in [4.78, 5) is 4.42. The number of nitrogens with one attached hydrogen (secondary N) is 1. The number of hydrogen-bond acceptors (Lipinski definition) is 2. The molecule has 1 aromatic heterocycles. The number of anilines is 1. The van der Waals surface area contributed by atoms with Gasteiger partial charge in [0.1, 0.15) is 5.82 Å². The van der Waals surface area contributed by atoms with Gasteiger partial charge in [0.05, 0.1) is 0 Å². The van der Waals surface area contributed by atoms with Crippen LogP contribution in [0.2, 0.25) is 0 Å². The number of aromatic nitrogens is 1. The van der Waals surface area contributed by atoms with Crippen LogP contribution in [0.5, 0.6) is 0 Å². The highest BCUT2D eigenvalue weighted by molar-refractivity contribution is 5.36. The average molecular weight is 192 g/mol. The Labute approximate surface area is 86.8 Å². The number of hydrogen-bond donors (Lipinski definition) is 1. The summed E-state index contributed by atoms with van der Waals surface area (Å²) >= 11 is 0. The van der Waals surface area contributed by atoms with Gasteiger partial charge in [-0.1, -0.05) is 26.3 Å². The van der Waals surface area contributed by atoms with E-state index in [9.17, 15) is 0 Å². The third-order valence-electron chi connectivity index (χ3n) is 2.76. The Morgan fingerprint density at radius 3 is 2.64 bits per heavy atom. The molecule has 1 N–H and O–H groups in total. The number of pyridine rings is 1. The maximum atomic E-state index is 4.42. The van der Waals surface area contributed by atoms with E-state index in [0.29, 0.717) is 12.0 Å². The lowest BCUT2D eigenvalue weighted by Gasteiger charge is -2.20. The molecule has 0 spiro atoms. The normalized spacial score (nSPS) is 14.9. The predicted octanol–water partition coefficient (Wildman–Crippen LogP) is 3.24. The van der Waals surface area contributed by atoms with Crippen LogP contribution in [0.3, 0.4) is 0 Å². The molecule has 2 nitrogen and oxygen atoms in total. The van der Waals surface area contributed by atoms with Gasteiger partial charge in [0.15, 0.2) is 0 Å². The van der Waals surface area contributed by atoms with Crippen molar-refractivity contribution in [2.75, 3.05) is 5.32 Å². The van der Waals surface area contributed by atoms with Gasteiger partial charge in [-0.05, 0) is 31.9 Å². The molecule has 2 atom stereocenters. The second-order valence-electron chi connectivity index (χ2n) is 3.98. The molecule has 2 heteroatoms. The first-order valence-corrected chi connectivity index (χ1v) is 5.33. The minimum Gasteiger partial charge on any atom is -0.367 e. The summed E-state index contributed by atoms with van der Waals surface area (Å²) in [5.41, 5.74) is 1.06. The fraction of sp³-hybridized carbons (Fsp3) is 0.583. The standard InChI is InChI=1S/C12H20N2/c1-5-9(2)11(4)14-12-8-6-7-10(3)13-12/h6-9,11H,5H2,1-4H3,(H,13,14). The van der Waals surface area contributed by atoms with Gasteiger partial charge in [-0.3, -0.25) is 0 Å². The van der Waals surface area contributed by atoms with Crippen LogP contribution >= 0.6 is 0 Å². The minimum atomic E-state index is 0.481. The van der Waals surface area contributed by atoms with Crippen molar-refractivity contribution in [2.45, 2.75) is 40.2 Å². The molecule has 1 heterocycles. The Morgan fingerprint density at radius 2 is 2.07 bits per heavy atom. The van der Waals surface area contributed by atoms with Gasteiger partial charge in [-0.15, -0.1) is 0 Å². The van der Waals surface area contributed by atoms with Crippen molar-refractivity contribution >= 4 is 5.82 Å². The lowest BCUT2D eigenvalue weighted by atomic mass is 10.0. The Balaban J connectivity index is 2.60. The number of rotatable bonds is 4. The molecule has 0 saturated carbocycles. The van der Waals surface area contributed by atoms with E-state index in [-0.39, 0.29) is 0 Å². The first kappa shape index (κ1) is 11.0. The largest absolute Gasteiger partial charge is 0.367 e. The third-order valence-corrected chi connectivity index (χ3v) is 2.76. The smallest absolute Gasteiger partial charge is 0.126 e. The highest BCUT2D eigenvalue weighted by Crippen LogP contribution is 2.13. The zero-order valence-electron chi connectivity index (χ0n) is 9.54. The van der Waals surface area contributed by atoms with E-state index in [2.05, 4.69) is 31.1 Å². The quantitative estimate of drug-likeness (QED) is 0.792. The van der Waals surface area contributed by atoms with Crippen LogP contribution < -0.4 is 5.32 Å². The van der Waals surface area contributed by atoms with Crippen molar-refractivity contribution in [1.29, 1.82) is 0 Å². The molecule has 0 aliphatic rings. The molecular formula is C12H20N2. The summed E-state index contributed by atoms with van der Waals surface area (Å²) in [6.07, 6.45) is 1.19. The Kier molecular flexibility index (Phi) is 3.93. The molecule has 1 rings (SSSR count). The third kappa shape index (κ3) is 3.02. The van der Waals surface area contributed by atoms with Crippen LogP contribution in [0.25, 0.3) is 0 Å². The molecule has 0 aromatic carbocycles. The Hall–Kier alpha value is -1.05. The van der Waals surface area contributed by atoms with E-state index in [1.807, 2.05) is 25.1 Å². The van der Waals surface area contributed by atoms with Crippen molar-refractivity contribution in [3.05, 3.63) is 23.9 Å². The second kappa shape index (κ2) is 4.99. The summed E-state index contributed by atoms with van der Waals surface area (Å²) < 4.78 is 0. The molecule has 0 aliphatic heterocycles. The van der Waals surface area contributed by atoms with Crippen molar-refractivity contribution in [3.8, 4) is 0 Å². The van der Waals surface area contributed by atoms with E-state index in [1.165, 1.54) is 6.42 Å². The van der Waals surface area contributed by atoms with Crippen LogP contribution in [0.15, 0.2) is 18.2 Å². The van der Waals surface area contributed by atoms with Crippen LogP contribution in [-0.4, -0.2) is 11.0 Å². The van der Waals surface area contributed by atoms with E-state index < -0.39 is 0 Å². The highest BCUT2D eigenvalue weighted by atomic mass is 15.0. The van der Waals surface area contributed by atoms with Gasteiger partial charge >= 0.3 is 0 Å².